The van der Waals surface area contributed by atoms with E-state index in [4.69, 9.17) is 14.5 Å². The smallest absolute Gasteiger partial charge is 0.324 e. The van der Waals surface area contributed by atoms with Crippen molar-refractivity contribution in [1.29, 1.82) is 0 Å². The van der Waals surface area contributed by atoms with Crippen LogP contribution in [0, 0.1) is 11.3 Å². The van der Waals surface area contributed by atoms with E-state index in [2.05, 4.69) is 76.3 Å². The molecule has 4 aliphatic rings. The predicted molar refractivity (Wildman–Crippen MR) is 274 cm³/mol. The fourth-order valence-corrected chi connectivity index (χ4v) is 11.9. The number of rotatable bonds is 10. The molecule has 2 N–H and O–H groups in total. The molecule has 2 aromatic heterocycles. The van der Waals surface area contributed by atoms with Crippen molar-refractivity contribution in [2.45, 2.75) is 107 Å². The highest BCUT2D eigenvalue weighted by molar-refractivity contribution is 9.10. The standard InChI is InChI=1S/C54H68BrFN8O7/c1-10-63-40-21-20-36-30-38(40)42-43(47(70-9)44-37(46(42)63)17-12-24-57-44)52(4,5)32-71-49(67)39-18-13-26-64(59-39)51(69)54(55,31-34-15-11-16-35(36)29-34)58-48(66)45(33(2)3)61(8)50(68)53(56)22-27-62(28-23-53)41(65)19-14-25-60(6)7/h11-12,14-17,19-21,24,29-30,33,39,43,45,47,59H,10,13,18,22-23,25-28,31-32H2,1-9H3,(H,58,66)/b19-14+/t39-,43?,45-,47-,54-/m0/s1. The number of amides is 4. The third kappa shape index (κ3) is 10.0. The Morgan fingerprint density at radius 1 is 1.04 bits per heavy atom. The van der Waals surface area contributed by atoms with Crippen LogP contribution >= 0.6 is 15.9 Å². The van der Waals surface area contributed by atoms with Crippen molar-refractivity contribution in [3.05, 3.63) is 89.8 Å². The number of piperidine rings is 1. The number of esters is 1. The van der Waals surface area contributed by atoms with Gasteiger partial charge < -0.3 is 34.1 Å². The summed E-state index contributed by atoms with van der Waals surface area (Å²) in [5.41, 5.74) is 7.67. The number of methoxy groups -OCH3 is 1. The van der Waals surface area contributed by atoms with E-state index in [-0.39, 0.29) is 57.3 Å². The number of ether oxygens (including phenoxy) is 2. The van der Waals surface area contributed by atoms with Crippen LogP contribution in [0.15, 0.2) is 72.9 Å². The van der Waals surface area contributed by atoms with E-state index < -0.39 is 63.3 Å². The van der Waals surface area contributed by atoms with Gasteiger partial charge in [0, 0.05) is 106 Å². The fraction of sp³-hybridized carbons (Fsp3) is 0.519. The molecule has 1 unspecified atom stereocenters. The molecule has 2 saturated heterocycles. The summed E-state index contributed by atoms with van der Waals surface area (Å²) >= 11 is 3.74. The second-order valence-electron chi connectivity index (χ2n) is 20.9. The molecule has 1 aliphatic carbocycles. The van der Waals surface area contributed by atoms with Crippen molar-refractivity contribution in [1.82, 2.24) is 40.0 Å². The molecule has 5 heterocycles. The van der Waals surface area contributed by atoms with Crippen LogP contribution in [0.4, 0.5) is 4.39 Å². The third-order valence-electron chi connectivity index (χ3n) is 14.8. The Balaban J connectivity index is 1.15. The van der Waals surface area contributed by atoms with Crippen LogP contribution in [0.1, 0.15) is 89.1 Å². The minimum Gasteiger partial charge on any atom is -0.464 e. The summed E-state index contributed by atoms with van der Waals surface area (Å²) < 4.78 is 29.9. The number of likely N-dealkylation sites (tertiary alicyclic amines) is 1. The number of fused-ring (bicyclic) bond motifs is 8. The number of cyclic esters (lactones) is 1. The van der Waals surface area contributed by atoms with Crippen molar-refractivity contribution in [3.63, 3.8) is 0 Å². The molecule has 71 heavy (non-hydrogen) atoms. The Bertz CT molecular complexity index is 2730. The monoisotopic (exact) mass is 1040 g/mol. The quantitative estimate of drug-likeness (QED) is 0.0739. The number of aryl methyl sites for hydroxylation is 1. The molecule has 5 atom stereocenters. The topological polar surface area (TPSA) is 159 Å². The number of halogens is 2. The van der Waals surface area contributed by atoms with E-state index in [1.807, 2.05) is 49.3 Å². The Labute approximate surface area is 424 Å². The molecule has 8 rings (SSSR count). The normalized spacial score (nSPS) is 23.6. The van der Waals surface area contributed by atoms with Crippen molar-refractivity contribution >= 4 is 56.4 Å². The molecule has 3 aliphatic heterocycles. The van der Waals surface area contributed by atoms with Gasteiger partial charge in [0.05, 0.1) is 18.0 Å². The lowest BCUT2D eigenvalue weighted by Crippen LogP contribution is -2.66. The highest BCUT2D eigenvalue weighted by Crippen LogP contribution is 2.57. The van der Waals surface area contributed by atoms with Crippen LogP contribution < -0.4 is 10.7 Å². The van der Waals surface area contributed by atoms with Gasteiger partial charge in [0.1, 0.15) is 18.2 Å². The molecule has 15 nitrogen and oxygen atoms in total. The van der Waals surface area contributed by atoms with Gasteiger partial charge in [-0.3, -0.25) is 34.0 Å². The lowest BCUT2D eigenvalue weighted by atomic mass is 9.67. The average molecular weight is 1040 g/mol. The number of carbonyl (C=O) groups excluding carboxylic acids is 5. The number of nitrogens with one attached hydrogen (secondary N) is 2. The van der Waals surface area contributed by atoms with Crippen LogP contribution in [0.3, 0.4) is 0 Å². The molecule has 17 heteroatoms. The van der Waals surface area contributed by atoms with Crippen molar-refractivity contribution < 1.29 is 37.8 Å². The van der Waals surface area contributed by atoms with Crippen LogP contribution in [0.2, 0.25) is 0 Å². The number of pyridine rings is 1. The van der Waals surface area contributed by atoms with Crippen molar-refractivity contribution in [2.75, 3.05) is 61.0 Å². The number of nitrogens with zero attached hydrogens (tertiary/aromatic N) is 6. The summed E-state index contributed by atoms with van der Waals surface area (Å²) in [5, 5.41) is 5.37. The molecule has 380 valence electrons. The van der Waals surface area contributed by atoms with Gasteiger partial charge in [0.25, 0.3) is 11.8 Å². The number of benzene rings is 2. The molecule has 2 fully saturated rings. The maximum Gasteiger partial charge on any atom is 0.324 e. The van der Waals surface area contributed by atoms with Gasteiger partial charge in [-0.1, -0.05) is 80.0 Å². The first-order chi connectivity index (χ1) is 33.7. The van der Waals surface area contributed by atoms with Gasteiger partial charge in [-0.15, -0.1) is 0 Å². The first-order valence-corrected chi connectivity index (χ1v) is 25.6. The molecule has 4 amide bonds. The zero-order chi connectivity index (χ0) is 51.2. The summed E-state index contributed by atoms with van der Waals surface area (Å²) in [4.78, 5) is 80.6. The zero-order valence-electron chi connectivity index (χ0n) is 42.4. The molecule has 0 spiro atoms. The number of likely N-dealkylation sites (N-methyl/N-ethyl adjacent to an activating group) is 2. The maximum atomic E-state index is 16.7. The molecule has 0 radical (unpaired) electrons. The van der Waals surface area contributed by atoms with E-state index in [9.17, 15) is 19.2 Å². The maximum absolute atomic E-state index is 16.7. The summed E-state index contributed by atoms with van der Waals surface area (Å²) in [7, 11) is 6.88. The Morgan fingerprint density at radius 2 is 1.77 bits per heavy atom. The second-order valence-corrected chi connectivity index (χ2v) is 22.3. The molecular formula is C54H68BrFN8O7. The van der Waals surface area contributed by atoms with E-state index in [1.54, 1.807) is 33.2 Å². The number of alkyl halides is 2. The average Bonchev–Trinajstić information content (AvgIpc) is 3.67. The zero-order valence-corrected chi connectivity index (χ0v) is 44.0. The summed E-state index contributed by atoms with van der Waals surface area (Å²) in [6.07, 6.45) is 4.91. The largest absolute Gasteiger partial charge is 0.464 e. The lowest BCUT2D eigenvalue weighted by Gasteiger charge is -2.43. The third-order valence-corrected chi connectivity index (χ3v) is 15.6. The van der Waals surface area contributed by atoms with E-state index in [1.165, 1.54) is 23.0 Å². The van der Waals surface area contributed by atoms with Gasteiger partial charge in [0.15, 0.2) is 10.1 Å². The SMILES string of the molecule is CCn1c2c3c4cc(ccc41)-c1cccc(c1)C[C@](Br)(NC(=O)[C@H](C(C)C)N(C)C(=O)C1(F)CCN(C(=O)/C=C/CN(C)C)CC1)C(=O)N1CCC[C@H](N1)C(=O)OCC(C)(C)C3[C@H](OC)c1ncccc1-2. The van der Waals surface area contributed by atoms with Crippen molar-refractivity contribution in [2.24, 2.45) is 11.3 Å². The fourth-order valence-electron chi connectivity index (χ4n) is 11.2. The molecule has 0 saturated carbocycles. The van der Waals surface area contributed by atoms with Crippen LogP contribution in [0.25, 0.3) is 33.3 Å². The first-order valence-electron chi connectivity index (χ1n) is 24.8. The number of carbonyl (C=O) groups is 5. The van der Waals surface area contributed by atoms with E-state index >= 15 is 9.18 Å². The summed E-state index contributed by atoms with van der Waals surface area (Å²) in [5.74, 6) is -3.67. The van der Waals surface area contributed by atoms with Crippen LogP contribution in [0.5, 0.6) is 0 Å². The molecule has 6 bridgehead atoms. The van der Waals surface area contributed by atoms with Gasteiger partial charge in [0.2, 0.25) is 11.8 Å². The number of hydrogen-bond acceptors (Lipinski definition) is 10. The lowest BCUT2D eigenvalue weighted by molar-refractivity contribution is -0.157. The van der Waals surface area contributed by atoms with Gasteiger partial charge in [-0.2, -0.15) is 0 Å². The number of aromatic nitrogens is 2. The predicted octanol–water partition coefficient (Wildman–Crippen LogP) is 6.93. The van der Waals surface area contributed by atoms with Crippen LogP contribution in [-0.4, -0.2) is 142 Å². The molecule has 2 aromatic carbocycles. The van der Waals surface area contributed by atoms with Gasteiger partial charge in [-0.25, -0.2) is 9.82 Å². The highest BCUT2D eigenvalue weighted by atomic mass is 79.9. The first kappa shape index (κ1) is 51.9. The molecule has 4 aromatic rings. The second kappa shape index (κ2) is 20.6. The van der Waals surface area contributed by atoms with Gasteiger partial charge >= 0.3 is 5.97 Å². The highest BCUT2D eigenvalue weighted by Gasteiger charge is 2.51. The Hall–Kier alpha value is -5.49. The minimum absolute atomic E-state index is 0.0373. The minimum atomic E-state index is -2.32. The number of hydrazine groups is 1. The Kier molecular flexibility index (Phi) is 15.0. The van der Waals surface area contributed by atoms with Crippen LogP contribution in [-0.2, 0) is 46.4 Å². The summed E-state index contributed by atoms with van der Waals surface area (Å²) in [6.45, 7) is 11.4. The van der Waals surface area contributed by atoms with E-state index in [0.29, 0.717) is 31.5 Å². The number of hydrogen-bond donors (Lipinski definition) is 2. The van der Waals surface area contributed by atoms with Gasteiger partial charge in [-0.05, 0) is 86.3 Å². The van der Waals surface area contributed by atoms with E-state index in [0.717, 1.165) is 49.4 Å². The Morgan fingerprint density at radius 3 is 2.46 bits per heavy atom. The molecular weight excluding hydrogens is 972 g/mol. The van der Waals surface area contributed by atoms with Crippen molar-refractivity contribution in [3.8, 4) is 22.4 Å². The summed E-state index contributed by atoms with van der Waals surface area (Å²) in [6, 6.07) is 16.2.